The Kier molecular flexibility index (Phi) is 5.85. The zero-order valence-electron chi connectivity index (χ0n) is 17.2. The van der Waals surface area contributed by atoms with Crippen LogP contribution in [0.3, 0.4) is 0 Å². The smallest absolute Gasteiger partial charge is 0.250 e. The summed E-state index contributed by atoms with van der Waals surface area (Å²) < 4.78 is 17.5. The van der Waals surface area contributed by atoms with Gasteiger partial charge in [-0.2, -0.15) is 4.98 Å². The molecule has 0 atom stereocenters. The van der Waals surface area contributed by atoms with Crippen LogP contribution in [0.5, 0.6) is 17.2 Å². The molecule has 1 amide bonds. The monoisotopic (exact) mass is 436 g/mol. The van der Waals surface area contributed by atoms with Crippen molar-refractivity contribution in [3.05, 3.63) is 59.5 Å². The molecule has 2 aromatic carbocycles. The standard InChI is InChI=1S/C22H20N4O4S/c1-28-16-6-4-5-15(11-16)18-13-31-22-24-21(25-26(18)22)23-20(27)10-8-14-7-9-17(29-2)12-19(14)30-3/h4-13H,1-3H3,(H,23,25,27)/b10-8+. The highest BCUT2D eigenvalue weighted by Crippen LogP contribution is 2.28. The largest absolute Gasteiger partial charge is 0.497 e. The van der Waals surface area contributed by atoms with Gasteiger partial charge < -0.3 is 14.2 Å². The van der Waals surface area contributed by atoms with Crippen molar-refractivity contribution >= 4 is 34.2 Å². The molecule has 0 saturated heterocycles. The Labute approximate surface area is 182 Å². The lowest BCUT2D eigenvalue weighted by atomic mass is 10.1. The normalized spacial score (nSPS) is 11.1. The molecule has 31 heavy (non-hydrogen) atoms. The summed E-state index contributed by atoms with van der Waals surface area (Å²) in [6.07, 6.45) is 3.07. The predicted molar refractivity (Wildman–Crippen MR) is 120 cm³/mol. The Bertz CT molecular complexity index is 1260. The number of carbonyl (C=O) groups is 1. The average molecular weight is 436 g/mol. The van der Waals surface area contributed by atoms with Crippen LogP contribution in [0.25, 0.3) is 22.3 Å². The molecular formula is C22H20N4O4S. The van der Waals surface area contributed by atoms with Crippen molar-refractivity contribution in [2.24, 2.45) is 0 Å². The molecule has 0 radical (unpaired) electrons. The molecule has 1 N–H and O–H groups in total. The Hall–Kier alpha value is -3.85. The van der Waals surface area contributed by atoms with Crippen molar-refractivity contribution in [2.75, 3.05) is 26.6 Å². The molecule has 0 spiro atoms. The molecule has 8 nitrogen and oxygen atoms in total. The van der Waals surface area contributed by atoms with Gasteiger partial charge in [-0.1, -0.05) is 12.1 Å². The van der Waals surface area contributed by atoms with Gasteiger partial charge in [0.1, 0.15) is 17.2 Å². The number of hydrogen-bond donors (Lipinski definition) is 1. The van der Waals surface area contributed by atoms with Gasteiger partial charge in [-0.15, -0.1) is 16.4 Å². The summed E-state index contributed by atoms with van der Waals surface area (Å²) in [5.74, 6) is 1.91. The van der Waals surface area contributed by atoms with Crippen LogP contribution in [-0.2, 0) is 4.79 Å². The number of fused-ring (bicyclic) bond motifs is 1. The van der Waals surface area contributed by atoms with Crippen molar-refractivity contribution in [1.29, 1.82) is 0 Å². The average Bonchev–Trinajstić information content (AvgIpc) is 3.37. The van der Waals surface area contributed by atoms with Gasteiger partial charge in [0.2, 0.25) is 4.96 Å². The van der Waals surface area contributed by atoms with Gasteiger partial charge in [-0.3, -0.25) is 10.1 Å². The minimum atomic E-state index is -0.348. The van der Waals surface area contributed by atoms with Crippen LogP contribution in [0.4, 0.5) is 5.95 Å². The number of carbonyl (C=O) groups excluding carboxylic acids is 1. The number of benzene rings is 2. The maximum absolute atomic E-state index is 12.4. The predicted octanol–water partition coefficient (Wildman–Crippen LogP) is 4.14. The molecule has 0 aliphatic heterocycles. The van der Waals surface area contributed by atoms with E-state index in [0.29, 0.717) is 16.5 Å². The summed E-state index contributed by atoms with van der Waals surface area (Å²) in [4.78, 5) is 17.4. The van der Waals surface area contributed by atoms with Gasteiger partial charge >= 0.3 is 0 Å². The first-order chi connectivity index (χ1) is 15.1. The van der Waals surface area contributed by atoms with Crippen molar-refractivity contribution in [1.82, 2.24) is 14.6 Å². The van der Waals surface area contributed by atoms with Crippen molar-refractivity contribution in [3.8, 4) is 28.5 Å². The van der Waals surface area contributed by atoms with E-state index in [1.807, 2.05) is 35.7 Å². The fourth-order valence-electron chi connectivity index (χ4n) is 2.99. The van der Waals surface area contributed by atoms with E-state index >= 15 is 0 Å². The van der Waals surface area contributed by atoms with Crippen LogP contribution in [0.1, 0.15) is 5.56 Å². The SMILES string of the molecule is COc1cccc(-c2csc3nc(NC(=O)/C=C/c4ccc(OC)cc4OC)nn23)c1. The number of ether oxygens (including phenoxy) is 3. The number of aromatic nitrogens is 3. The van der Waals surface area contributed by atoms with Gasteiger partial charge in [-0.05, 0) is 30.3 Å². The molecule has 4 rings (SSSR count). The highest BCUT2D eigenvalue weighted by Gasteiger charge is 2.13. The van der Waals surface area contributed by atoms with E-state index in [-0.39, 0.29) is 11.9 Å². The zero-order chi connectivity index (χ0) is 21.8. The number of nitrogens with one attached hydrogen (secondary N) is 1. The molecule has 2 heterocycles. The number of rotatable bonds is 7. The maximum Gasteiger partial charge on any atom is 0.250 e. The van der Waals surface area contributed by atoms with Gasteiger partial charge in [-0.25, -0.2) is 4.52 Å². The second-order valence-electron chi connectivity index (χ2n) is 6.41. The number of anilines is 1. The van der Waals surface area contributed by atoms with Gasteiger partial charge in [0.15, 0.2) is 0 Å². The second kappa shape index (κ2) is 8.88. The third-order valence-corrected chi connectivity index (χ3v) is 5.35. The van der Waals surface area contributed by atoms with Gasteiger partial charge in [0.25, 0.3) is 11.9 Å². The lowest BCUT2D eigenvalue weighted by molar-refractivity contribution is -0.111. The van der Waals surface area contributed by atoms with Crippen molar-refractivity contribution in [2.45, 2.75) is 0 Å². The maximum atomic E-state index is 12.4. The number of hydrogen-bond acceptors (Lipinski definition) is 7. The van der Waals surface area contributed by atoms with Crippen LogP contribution in [0, 0.1) is 0 Å². The molecule has 0 unspecified atom stereocenters. The Balaban J connectivity index is 1.52. The highest BCUT2D eigenvalue weighted by molar-refractivity contribution is 7.15. The van der Waals surface area contributed by atoms with E-state index in [2.05, 4.69) is 15.4 Å². The van der Waals surface area contributed by atoms with Crippen LogP contribution in [0.2, 0.25) is 0 Å². The van der Waals surface area contributed by atoms with Crippen molar-refractivity contribution in [3.63, 3.8) is 0 Å². The zero-order valence-corrected chi connectivity index (χ0v) is 18.0. The lowest BCUT2D eigenvalue weighted by Crippen LogP contribution is -2.09. The highest BCUT2D eigenvalue weighted by atomic mass is 32.1. The van der Waals surface area contributed by atoms with Crippen LogP contribution in [-0.4, -0.2) is 41.8 Å². The fourth-order valence-corrected chi connectivity index (χ4v) is 3.82. The van der Waals surface area contributed by atoms with Crippen LogP contribution in [0.15, 0.2) is 53.9 Å². The molecule has 0 saturated carbocycles. The first-order valence-corrected chi connectivity index (χ1v) is 10.2. The lowest BCUT2D eigenvalue weighted by Gasteiger charge is -2.07. The molecule has 0 fully saturated rings. The Morgan fingerprint density at radius 3 is 2.65 bits per heavy atom. The summed E-state index contributed by atoms with van der Waals surface area (Å²) in [5, 5.41) is 9.08. The number of amides is 1. The molecule has 0 aliphatic carbocycles. The third-order valence-electron chi connectivity index (χ3n) is 4.54. The molecule has 0 bridgehead atoms. The molecular weight excluding hydrogens is 416 g/mol. The van der Waals surface area contributed by atoms with E-state index in [4.69, 9.17) is 14.2 Å². The van der Waals surface area contributed by atoms with E-state index in [9.17, 15) is 4.79 Å². The summed E-state index contributed by atoms with van der Waals surface area (Å²) >= 11 is 1.44. The minimum absolute atomic E-state index is 0.229. The molecule has 4 aromatic rings. The van der Waals surface area contributed by atoms with E-state index in [1.54, 1.807) is 44.1 Å². The van der Waals surface area contributed by atoms with E-state index < -0.39 is 0 Å². The second-order valence-corrected chi connectivity index (χ2v) is 7.25. The summed E-state index contributed by atoms with van der Waals surface area (Å²) in [6, 6.07) is 13.0. The topological polar surface area (TPSA) is 87.0 Å². The molecule has 2 aromatic heterocycles. The van der Waals surface area contributed by atoms with E-state index in [0.717, 1.165) is 22.6 Å². The number of thiazole rings is 1. The van der Waals surface area contributed by atoms with Gasteiger partial charge in [0, 0.05) is 28.6 Å². The summed E-state index contributed by atoms with van der Waals surface area (Å²) in [6.45, 7) is 0. The number of nitrogens with zero attached hydrogens (tertiary/aromatic N) is 3. The van der Waals surface area contributed by atoms with Crippen LogP contribution < -0.4 is 19.5 Å². The molecule has 0 aliphatic rings. The van der Waals surface area contributed by atoms with E-state index in [1.165, 1.54) is 17.4 Å². The minimum Gasteiger partial charge on any atom is -0.497 e. The summed E-state index contributed by atoms with van der Waals surface area (Å²) in [7, 11) is 4.77. The third kappa shape index (κ3) is 4.36. The van der Waals surface area contributed by atoms with Crippen molar-refractivity contribution < 1.29 is 19.0 Å². The van der Waals surface area contributed by atoms with Gasteiger partial charge in [0.05, 0.1) is 27.0 Å². The molecule has 9 heteroatoms. The Morgan fingerprint density at radius 1 is 1.06 bits per heavy atom. The number of methoxy groups -OCH3 is 3. The quantitative estimate of drug-likeness (QED) is 0.438. The van der Waals surface area contributed by atoms with Crippen LogP contribution >= 0.6 is 11.3 Å². The first kappa shape index (κ1) is 20.4. The molecule has 158 valence electrons. The first-order valence-electron chi connectivity index (χ1n) is 9.31. The fraction of sp³-hybridized carbons (Fsp3) is 0.136. The Morgan fingerprint density at radius 2 is 1.87 bits per heavy atom. The summed E-state index contributed by atoms with van der Waals surface area (Å²) in [5.41, 5.74) is 2.56.